The first-order valence-corrected chi connectivity index (χ1v) is 22.9. The molecule has 0 aromatic heterocycles. The minimum Gasteiger partial charge on any atom is -0.453 e. The number of hydrogen-bond acceptors (Lipinski definition) is 9. The number of sulfone groups is 1. The highest BCUT2D eigenvalue weighted by Crippen LogP contribution is 2.51. The number of hydrogen-bond donors (Lipinski definition) is 1. The van der Waals surface area contributed by atoms with Gasteiger partial charge >= 0.3 is 6.09 Å². The second-order valence-electron chi connectivity index (χ2n) is 17.8. The monoisotopic (exact) mass is 804 g/mol. The summed E-state index contributed by atoms with van der Waals surface area (Å²) in [5.74, 6) is 0.747. The zero-order chi connectivity index (χ0) is 39.7. The topological polar surface area (TPSA) is 106 Å². The first-order valence-electron chi connectivity index (χ1n) is 21.4. The molecule has 2 aromatic carbocycles. The molecule has 2 amide bonds. The summed E-state index contributed by atoms with van der Waals surface area (Å²) in [5, 5.41) is 2.60. The first kappa shape index (κ1) is 40.3. The quantitative estimate of drug-likeness (QED) is 0.271. The van der Waals surface area contributed by atoms with Gasteiger partial charge < -0.3 is 29.7 Å². The molecule has 11 nitrogen and oxygen atoms in total. The van der Waals surface area contributed by atoms with Crippen LogP contribution in [0.1, 0.15) is 56.9 Å². The molecular formula is C44H61FN6O5S. The van der Waals surface area contributed by atoms with Gasteiger partial charge in [0.25, 0.3) is 5.91 Å². The van der Waals surface area contributed by atoms with Crippen molar-refractivity contribution in [2.24, 2.45) is 17.8 Å². The molecule has 0 radical (unpaired) electrons. The molecule has 0 unspecified atom stereocenters. The number of ether oxygens (including phenoxy) is 1. The molecule has 0 spiro atoms. The van der Waals surface area contributed by atoms with Crippen LogP contribution in [0, 0.1) is 23.6 Å². The van der Waals surface area contributed by atoms with Gasteiger partial charge in [-0.3, -0.25) is 9.69 Å². The number of carbonyl (C=O) groups is 2. The molecule has 3 atom stereocenters. The lowest BCUT2D eigenvalue weighted by atomic mass is 9.57. The third-order valence-electron chi connectivity index (χ3n) is 14.3. The maximum Gasteiger partial charge on any atom is 0.407 e. The highest BCUT2D eigenvalue weighted by atomic mass is 32.2. The molecular weight excluding hydrogens is 744 g/mol. The largest absolute Gasteiger partial charge is 0.453 e. The zero-order valence-corrected chi connectivity index (χ0v) is 34.4. The van der Waals surface area contributed by atoms with Crippen molar-refractivity contribution in [3.05, 3.63) is 72.1 Å². The average molecular weight is 805 g/mol. The molecule has 1 N–H and O–H groups in total. The highest BCUT2D eigenvalue weighted by Gasteiger charge is 2.53. The molecule has 8 rings (SSSR count). The molecule has 13 heteroatoms. The van der Waals surface area contributed by atoms with Crippen molar-refractivity contribution in [3.63, 3.8) is 0 Å². The Labute approximate surface area is 338 Å². The number of rotatable bonds is 14. The first-order chi connectivity index (χ1) is 27.5. The van der Waals surface area contributed by atoms with Crippen LogP contribution >= 0.6 is 0 Å². The van der Waals surface area contributed by atoms with E-state index < -0.39 is 15.1 Å². The van der Waals surface area contributed by atoms with Crippen molar-refractivity contribution < 1.29 is 27.1 Å². The number of anilines is 1. The highest BCUT2D eigenvalue weighted by molar-refractivity contribution is 7.92. The van der Waals surface area contributed by atoms with Crippen molar-refractivity contribution in [1.29, 1.82) is 0 Å². The van der Waals surface area contributed by atoms with Gasteiger partial charge in [0.2, 0.25) is 0 Å². The van der Waals surface area contributed by atoms with Crippen molar-refractivity contribution in [2.45, 2.75) is 73.0 Å². The Kier molecular flexibility index (Phi) is 12.0. The number of methoxy groups -OCH3 is 1. The molecule has 2 aromatic rings. The van der Waals surface area contributed by atoms with Crippen LogP contribution in [-0.4, -0.2) is 144 Å². The number of alkyl carbamates (subject to hydrolysis) is 1. The van der Waals surface area contributed by atoms with Gasteiger partial charge in [-0.25, -0.2) is 17.6 Å². The van der Waals surface area contributed by atoms with Crippen LogP contribution < -0.4 is 10.2 Å². The molecule has 5 heterocycles. The van der Waals surface area contributed by atoms with Gasteiger partial charge in [-0.15, -0.1) is 0 Å². The molecule has 1 saturated carbocycles. The second-order valence-corrected chi connectivity index (χ2v) is 20.0. The van der Waals surface area contributed by atoms with E-state index in [9.17, 15) is 18.0 Å². The Morgan fingerprint density at radius 2 is 1.56 bits per heavy atom. The summed E-state index contributed by atoms with van der Waals surface area (Å²) in [6.45, 7) is 14.8. The van der Waals surface area contributed by atoms with E-state index in [0.29, 0.717) is 28.8 Å². The third kappa shape index (κ3) is 8.36. The number of nitrogens with zero attached hydrogens (tertiary/aromatic N) is 5. The van der Waals surface area contributed by atoms with Gasteiger partial charge in [-0.2, -0.15) is 0 Å². The van der Waals surface area contributed by atoms with Gasteiger partial charge in [0.15, 0.2) is 9.84 Å². The summed E-state index contributed by atoms with van der Waals surface area (Å²) >= 11 is 0. The van der Waals surface area contributed by atoms with E-state index in [0.717, 1.165) is 122 Å². The van der Waals surface area contributed by atoms with E-state index in [2.05, 4.69) is 37.6 Å². The molecule has 57 heavy (non-hydrogen) atoms. The Morgan fingerprint density at radius 1 is 0.860 bits per heavy atom. The minimum absolute atomic E-state index is 0.00961. The summed E-state index contributed by atoms with van der Waals surface area (Å²) in [6, 6.07) is 14.6. The second kappa shape index (κ2) is 17.0. The van der Waals surface area contributed by atoms with Crippen LogP contribution in [0.15, 0.2) is 65.6 Å². The smallest absolute Gasteiger partial charge is 0.407 e. The maximum absolute atomic E-state index is 15.0. The fourth-order valence-electron chi connectivity index (χ4n) is 11.0. The number of halogens is 1. The Balaban J connectivity index is 0.852. The van der Waals surface area contributed by atoms with Crippen LogP contribution in [0.25, 0.3) is 0 Å². The SMILES string of the molecule is C=C(CN1CCCC1)C(=O)N1CC(S(=O)(=O)c2ccc(N3CC(CN4CCC([C@@](CN5CCC5)(c5cccc(F)c5)[C@H]5CCC[C@@H]5NC(=O)OC)CC4)C3)cc2)C1. The third-order valence-corrected chi connectivity index (χ3v) is 16.4. The zero-order valence-electron chi connectivity index (χ0n) is 33.6. The number of benzene rings is 2. The van der Waals surface area contributed by atoms with E-state index in [1.807, 2.05) is 18.2 Å². The summed E-state index contributed by atoms with van der Waals surface area (Å²) in [5.41, 5.74) is 2.37. The van der Waals surface area contributed by atoms with E-state index >= 15 is 4.39 Å². The minimum atomic E-state index is -3.54. The van der Waals surface area contributed by atoms with Crippen molar-refractivity contribution in [3.8, 4) is 0 Å². The van der Waals surface area contributed by atoms with Gasteiger partial charge in [-0.1, -0.05) is 25.1 Å². The Hall–Kier alpha value is -3.52. The van der Waals surface area contributed by atoms with E-state index in [4.69, 9.17) is 4.74 Å². The predicted octanol–water partition coefficient (Wildman–Crippen LogP) is 4.78. The summed E-state index contributed by atoms with van der Waals surface area (Å²) in [7, 11) is -2.12. The lowest BCUT2D eigenvalue weighted by Crippen LogP contribution is -2.60. The fraction of sp³-hybridized carbons (Fsp3) is 0.636. The predicted molar refractivity (Wildman–Crippen MR) is 219 cm³/mol. The molecule has 6 aliphatic rings. The molecule has 5 saturated heterocycles. The van der Waals surface area contributed by atoms with Crippen LogP contribution in [0.2, 0.25) is 0 Å². The average Bonchev–Trinajstić information content (AvgIpc) is 3.85. The Morgan fingerprint density at radius 3 is 2.21 bits per heavy atom. The van der Waals surface area contributed by atoms with E-state index in [1.165, 1.54) is 13.5 Å². The summed E-state index contributed by atoms with van der Waals surface area (Å²) in [4.78, 5) is 37.0. The van der Waals surface area contributed by atoms with Crippen LogP contribution in [0.3, 0.4) is 0 Å². The molecule has 0 bridgehead atoms. The number of piperidine rings is 1. The number of likely N-dealkylation sites (tertiary alicyclic amines) is 4. The molecule has 1 aliphatic carbocycles. The van der Waals surface area contributed by atoms with E-state index in [1.54, 1.807) is 29.2 Å². The fourth-order valence-corrected chi connectivity index (χ4v) is 12.6. The molecule has 6 fully saturated rings. The number of carbonyl (C=O) groups excluding carboxylic acids is 2. The van der Waals surface area contributed by atoms with Gasteiger partial charge in [0.1, 0.15) is 11.1 Å². The maximum atomic E-state index is 15.0. The van der Waals surface area contributed by atoms with Gasteiger partial charge in [-0.05, 0) is 138 Å². The van der Waals surface area contributed by atoms with Crippen molar-refractivity contribution in [2.75, 3.05) is 97.1 Å². The summed E-state index contributed by atoms with van der Waals surface area (Å²) < 4.78 is 47.0. The molecule has 310 valence electrons. The van der Waals surface area contributed by atoms with Crippen molar-refractivity contribution in [1.82, 2.24) is 24.9 Å². The molecule has 5 aliphatic heterocycles. The van der Waals surface area contributed by atoms with Crippen molar-refractivity contribution >= 4 is 27.5 Å². The van der Waals surface area contributed by atoms with Crippen LogP contribution in [-0.2, 0) is 24.8 Å². The standard InChI is InChI=1S/C44H61FN6O5S/c1-32(25-47-18-3-4-19-47)42(52)51-29-39(30-51)57(54,55)38-14-12-37(13-15-38)50-27-33(28-50)26-48-22-16-34(17-23-48)44(31-49-20-7-21-49,35-8-5-9-36(45)24-35)40-10-6-11-41(40)46-43(53)56-2/h5,8-9,12-15,24,33-34,39-41H,1,3-4,6-7,10-11,16-23,25-31H2,2H3,(H,46,53)/t40-,41-,44-/m0/s1. The lowest BCUT2D eigenvalue weighted by molar-refractivity contribution is -0.130. The van der Waals surface area contributed by atoms with Crippen LogP contribution in [0.5, 0.6) is 0 Å². The van der Waals surface area contributed by atoms with Crippen LogP contribution in [0.4, 0.5) is 14.9 Å². The number of nitrogens with one attached hydrogen (secondary N) is 1. The van der Waals surface area contributed by atoms with E-state index in [-0.39, 0.29) is 48.3 Å². The van der Waals surface area contributed by atoms with Gasteiger partial charge in [0, 0.05) is 74.4 Å². The number of amides is 2. The summed E-state index contributed by atoms with van der Waals surface area (Å²) in [6.07, 6.45) is 8.08. The Bertz CT molecular complexity index is 1870. The normalized spacial score (nSPS) is 25.4. The lowest BCUT2D eigenvalue weighted by Gasteiger charge is -2.54. The van der Waals surface area contributed by atoms with Gasteiger partial charge in [0.05, 0.1) is 12.0 Å².